The van der Waals surface area contributed by atoms with Gasteiger partial charge >= 0.3 is 0 Å². The smallest absolute Gasteiger partial charge is 0.254 e. The Kier molecular flexibility index (Phi) is 5.38. The number of nitrogens with one attached hydrogen (secondary N) is 1. The second kappa shape index (κ2) is 7.04. The fraction of sp³-hybridized carbons (Fsp3) is 0.533. The first-order valence-electron chi connectivity index (χ1n) is 7.08. The number of rotatable bonds is 4. The standard InChI is InChI=1S/C15H20ClFN2O/c16-12-8-4-7-11(14(12)17)15(20)19-13(9-18)10-5-2-1-3-6-10/h4,7-8,10,13H,1-3,5-6,9,18H2,(H,19,20). The Balaban J connectivity index is 2.06. The summed E-state index contributed by atoms with van der Waals surface area (Å²) >= 11 is 5.70. The maximum atomic E-state index is 13.8. The monoisotopic (exact) mass is 298 g/mol. The third-order valence-corrected chi connectivity index (χ3v) is 4.28. The molecule has 0 saturated heterocycles. The summed E-state index contributed by atoms with van der Waals surface area (Å²) in [5.41, 5.74) is 5.74. The average Bonchev–Trinajstić information content (AvgIpc) is 2.48. The van der Waals surface area contributed by atoms with Crippen LogP contribution in [0.2, 0.25) is 5.02 Å². The number of hydrogen-bond donors (Lipinski definition) is 2. The molecule has 1 fully saturated rings. The van der Waals surface area contributed by atoms with Crippen molar-refractivity contribution in [1.29, 1.82) is 0 Å². The quantitative estimate of drug-likeness (QED) is 0.897. The SMILES string of the molecule is NCC(NC(=O)c1cccc(Cl)c1F)C1CCCCC1. The largest absolute Gasteiger partial charge is 0.348 e. The predicted molar refractivity (Wildman–Crippen MR) is 78.3 cm³/mol. The number of benzene rings is 1. The van der Waals surface area contributed by atoms with Crippen LogP contribution in [0, 0.1) is 11.7 Å². The van der Waals surface area contributed by atoms with Crippen molar-refractivity contribution in [2.75, 3.05) is 6.54 Å². The van der Waals surface area contributed by atoms with Gasteiger partial charge < -0.3 is 11.1 Å². The highest BCUT2D eigenvalue weighted by Gasteiger charge is 2.25. The fourth-order valence-electron chi connectivity index (χ4n) is 2.83. The highest BCUT2D eigenvalue weighted by molar-refractivity contribution is 6.31. The molecule has 0 heterocycles. The van der Waals surface area contributed by atoms with E-state index in [4.69, 9.17) is 17.3 Å². The zero-order valence-corrected chi connectivity index (χ0v) is 12.1. The summed E-state index contributed by atoms with van der Waals surface area (Å²) in [4.78, 5) is 12.2. The summed E-state index contributed by atoms with van der Waals surface area (Å²) in [5, 5.41) is 2.82. The number of hydrogen-bond acceptors (Lipinski definition) is 2. The summed E-state index contributed by atoms with van der Waals surface area (Å²) in [7, 11) is 0. The molecule has 110 valence electrons. The first-order chi connectivity index (χ1) is 9.63. The van der Waals surface area contributed by atoms with E-state index in [1.807, 2.05) is 0 Å². The third kappa shape index (κ3) is 3.49. The van der Waals surface area contributed by atoms with E-state index in [-0.39, 0.29) is 16.6 Å². The van der Waals surface area contributed by atoms with Gasteiger partial charge in [-0.1, -0.05) is 36.9 Å². The number of nitrogens with two attached hydrogens (primary N) is 1. The molecule has 20 heavy (non-hydrogen) atoms. The van der Waals surface area contributed by atoms with Gasteiger partial charge in [-0.3, -0.25) is 4.79 Å². The lowest BCUT2D eigenvalue weighted by Gasteiger charge is -2.30. The fourth-order valence-corrected chi connectivity index (χ4v) is 3.01. The lowest BCUT2D eigenvalue weighted by molar-refractivity contribution is 0.0911. The molecule has 0 bridgehead atoms. The van der Waals surface area contributed by atoms with Gasteiger partial charge in [0.1, 0.15) is 0 Å². The van der Waals surface area contributed by atoms with Crippen LogP contribution in [-0.4, -0.2) is 18.5 Å². The lowest BCUT2D eigenvalue weighted by atomic mass is 9.84. The molecule has 0 radical (unpaired) electrons. The molecule has 0 aromatic heterocycles. The molecule has 1 aromatic rings. The lowest BCUT2D eigenvalue weighted by Crippen LogP contribution is -2.46. The van der Waals surface area contributed by atoms with Crippen LogP contribution in [0.3, 0.4) is 0 Å². The van der Waals surface area contributed by atoms with Crippen LogP contribution in [0.25, 0.3) is 0 Å². The van der Waals surface area contributed by atoms with Gasteiger partial charge in [0.25, 0.3) is 5.91 Å². The molecule has 1 aliphatic carbocycles. The van der Waals surface area contributed by atoms with Crippen molar-refractivity contribution < 1.29 is 9.18 Å². The molecular weight excluding hydrogens is 279 g/mol. The van der Waals surface area contributed by atoms with Crippen molar-refractivity contribution in [3.63, 3.8) is 0 Å². The van der Waals surface area contributed by atoms with Crippen molar-refractivity contribution in [2.24, 2.45) is 11.7 Å². The molecular formula is C15H20ClFN2O. The molecule has 1 atom stereocenters. The second-order valence-corrected chi connectivity index (χ2v) is 5.72. The third-order valence-electron chi connectivity index (χ3n) is 3.99. The zero-order valence-electron chi connectivity index (χ0n) is 11.4. The summed E-state index contributed by atoms with van der Waals surface area (Å²) in [6.07, 6.45) is 5.72. The van der Waals surface area contributed by atoms with Crippen LogP contribution < -0.4 is 11.1 Å². The van der Waals surface area contributed by atoms with Crippen LogP contribution in [0.4, 0.5) is 4.39 Å². The number of carbonyl (C=O) groups excluding carboxylic acids is 1. The molecule has 0 spiro atoms. The van der Waals surface area contributed by atoms with Crippen LogP contribution in [0.15, 0.2) is 18.2 Å². The van der Waals surface area contributed by atoms with Crippen molar-refractivity contribution in [3.8, 4) is 0 Å². The maximum Gasteiger partial charge on any atom is 0.254 e. The first kappa shape index (κ1) is 15.3. The van der Waals surface area contributed by atoms with Crippen molar-refractivity contribution >= 4 is 17.5 Å². The second-order valence-electron chi connectivity index (χ2n) is 5.32. The van der Waals surface area contributed by atoms with Gasteiger partial charge in [-0.15, -0.1) is 0 Å². The Morgan fingerprint density at radius 2 is 2.10 bits per heavy atom. The number of amides is 1. The van der Waals surface area contributed by atoms with E-state index in [9.17, 15) is 9.18 Å². The van der Waals surface area contributed by atoms with Gasteiger partial charge in [-0.2, -0.15) is 0 Å². The highest BCUT2D eigenvalue weighted by atomic mass is 35.5. The Hall–Kier alpha value is -1.13. The Bertz CT molecular complexity index is 475. The van der Waals surface area contributed by atoms with E-state index >= 15 is 0 Å². The highest BCUT2D eigenvalue weighted by Crippen LogP contribution is 2.26. The minimum Gasteiger partial charge on any atom is -0.348 e. The summed E-state index contributed by atoms with van der Waals surface area (Å²) < 4.78 is 13.8. The van der Waals surface area contributed by atoms with E-state index in [1.165, 1.54) is 31.4 Å². The number of carbonyl (C=O) groups is 1. The van der Waals surface area contributed by atoms with Crippen LogP contribution in [0.1, 0.15) is 42.5 Å². The average molecular weight is 299 g/mol. The van der Waals surface area contributed by atoms with Gasteiger partial charge in [-0.05, 0) is 30.9 Å². The van der Waals surface area contributed by atoms with E-state index in [0.29, 0.717) is 12.5 Å². The minimum atomic E-state index is -0.675. The Labute approximate surface area is 123 Å². The molecule has 1 aromatic carbocycles. The maximum absolute atomic E-state index is 13.8. The molecule has 1 amide bonds. The van der Waals surface area contributed by atoms with Crippen molar-refractivity contribution in [2.45, 2.75) is 38.1 Å². The summed E-state index contributed by atoms with van der Waals surface area (Å²) in [6, 6.07) is 4.33. The molecule has 0 aliphatic heterocycles. The zero-order chi connectivity index (χ0) is 14.5. The van der Waals surface area contributed by atoms with Gasteiger partial charge in [-0.25, -0.2) is 4.39 Å². The Morgan fingerprint density at radius 3 is 2.75 bits per heavy atom. The molecule has 1 aliphatic rings. The predicted octanol–water partition coefficient (Wildman–Crippen LogP) is 3.12. The van der Waals surface area contributed by atoms with E-state index < -0.39 is 11.7 Å². The van der Waals surface area contributed by atoms with Gasteiger partial charge in [0.2, 0.25) is 0 Å². The topological polar surface area (TPSA) is 55.1 Å². The van der Waals surface area contributed by atoms with Crippen molar-refractivity contribution in [3.05, 3.63) is 34.6 Å². The Morgan fingerprint density at radius 1 is 1.40 bits per heavy atom. The summed E-state index contributed by atoms with van der Waals surface area (Å²) in [5.74, 6) is -0.725. The van der Waals surface area contributed by atoms with E-state index in [0.717, 1.165) is 12.8 Å². The molecule has 5 heteroatoms. The van der Waals surface area contributed by atoms with E-state index in [2.05, 4.69) is 5.32 Å². The summed E-state index contributed by atoms with van der Waals surface area (Å²) in [6.45, 7) is 0.374. The normalized spacial score (nSPS) is 17.8. The molecule has 1 unspecified atom stereocenters. The van der Waals surface area contributed by atoms with Crippen molar-refractivity contribution in [1.82, 2.24) is 5.32 Å². The minimum absolute atomic E-state index is 0.0215. The van der Waals surface area contributed by atoms with E-state index in [1.54, 1.807) is 6.07 Å². The first-order valence-corrected chi connectivity index (χ1v) is 7.46. The molecule has 1 saturated carbocycles. The number of halogens is 2. The molecule has 2 rings (SSSR count). The van der Waals surface area contributed by atoms with Crippen LogP contribution >= 0.6 is 11.6 Å². The van der Waals surface area contributed by atoms with Gasteiger partial charge in [0.05, 0.1) is 10.6 Å². The van der Waals surface area contributed by atoms with Crippen LogP contribution in [0.5, 0.6) is 0 Å². The van der Waals surface area contributed by atoms with Crippen LogP contribution in [-0.2, 0) is 0 Å². The van der Waals surface area contributed by atoms with Gasteiger partial charge in [0, 0.05) is 12.6 Å². The van der Waals surface area contributed by atoms with Gasteiger partial charge in [0.15, 0.2) is 5.82 Å². The molecule has 3 nitrogen and oxygen atoms in total. The molecule has 3 N–H and O–H groups in total.